The summed E-state index contributed by atoms with van der Waals surface area (Å²) in [6.45, 7) is 2.89. The number of nitrogens with zero attached hydrogens (tertiary/aromatic N) is 1. The number of amides is 1. The Morgan fingerprint density at radius 1 is 1.27 bits per heavy atom. The van der Waals surface area contributed by atoms with E-state index in [-0.39, 0.29) is 28.6 Å². The number of furan rings is 1. The van der Waals surface area contributed by atoms with Gasteiger partial charge in [0.15, 0.2) is 5.78 Å². The Kier molecular flexibility index (Phi) is 5.81. The van der Waals surface area contributed by atoms with E-state index >= 15 is 0 Å². The normalized spacial score (nSPS) is 10.4. The average molecular weight is 354 g/mol. The van der Waals surface area contributed by atoms with E-state index in [2.05, 4.69) is 5.32 Å². The van der Waals surface area contributed by atoms with Gasteiger partial charge in [0.25, 0.3) is 5.91 Å². The van der Waals surface area contributed by atoms with E-state index in [1.807, 2.05) is 6.07 Å². The summed E-state index contributed by atoms with van der Waals surface area (Å²) in [6, 6.07) is 7.07. The van der Waals surface area contributed by atoms with Crippen LogP contribution >= 0.6 is 0 Å². The van der Waals surface area contributed by atoms with Crippen molar-refractivity contribution in [1.29, 1.82) is 5.26 Å². The SMILES string of the molecule is COc1ccc(/C=C/C(=O)Nc2oc(C)c(C(C)=O)c2C#N)c(OC)c1. The van der Waals surface area contributed by atoms with Crippen LogP contribution in [0.1, 0.15) is 34.2 Å². The molecule has 1 aromatic carbocycles. The summed E-state index contributed by atoms with van der Waals surface area (Å²) >= 11 is 0. The molecule has 26 heavy (non-hydrogen) atoms. The van der Waals surface area contributed by atoms with Crippen LogP contribution in [0.25, 0.3) is 6.08 Å². The van der Waals surface area contributed by atoms with Crippen LogP contribution in [0, 0.1) is 18.3 Å². The molecule has 1 heterocycles. The topological polar surface area (TPSA) is 102 Å². The molecule has 0 bridgehead atoms. The van der Waals surface area contributed by atoms with E-state index in [0.29, 0.717) is 17.1 Å². The van der Waals surface area contributed by atoms with Gasteiger partial charge in [-0.2, -0.15) is 5.26 Å². The van der Waals surface area contributed by atoms with E-state index in [0.717, 1.165) is 0 Å². The lowest BCUT2D eigenvalue weighted by atomic mass is 10.1. The first kappa shape index (κ1) is 18.8. The molecular weight excluding hydrogens is 336 g/mol. The van der Waals surface area contributed by atoms with Crippen LogP contribution in [0.3, 0.4) is 0 Å². The molecule has 1 N–H and O–H groups in total. The third kappa shape index (κ3) is 3.92. The van der Waals surface area contributed by atoms with Gasteiger partial charge in [0, 0.05) is 17.7 Å². The number of methoxy groups -OCH3 is 2. The first-order chi connectivity index (χ1) is 12.4. The maximum absolute atomic E-state index is 12.1. The standard InChI is InChI=1S/C19H18N2O5/c1-11(22)18-12(2)26-19(15(18)10-20)21-17(23)8-6-13-5-7-14(24-3)9-16(13)25-4/h5-9H,1-4H3,(H,21,23)/b8-6+. The zero-order valence-electron chi connectivity index (χ0n) is 14.9. The predicted molar refractivity (Wildman–Crippen MR) is 95.4 cm³/mol. The summed E-state index contributed by atoms with van der Waals surface area (Å²) in [5, 5.41) is 11.7. The second-order valence-corrected chi connectivity index (χ2v) is 5.34. The summed E-state index contributed by atoms with van der Waals surface area (Å²) in [5.74, 6) is 0.588. The molecule has 7 nitrogen and oxygen atoms in total. The second kappa shape index (κ2) is 8.03. The molecule has 0 saturated carbocycles. The van der Waals surface area contributed by atoms with Crippen LogP contribution in [0.5, 0.6) is 11.5 Å². The Morgan fingerprint density at radius 3 is 2.58 bits per heavy atom. The number of benzene rings is 1. The van der Waals surface area contributed by atoms with Gasteiger partial charge in [-0.3, -0.25) is 14.9 Å². The summed E-state index contributed by atoms with van der Waals surface area (Å²) < 4.78 is 15.7. The average Bonchev–Trinajstić information content (AvgIpc) is 2.94. The van der Waals surface area contributed by atoms with Crippen LogP contribution < -0.4 is 14.8 Å². The van der Waals surface area contributed by atoms with E-state index in [1.54, 1.807) is 38.3 Å². The molecule has 0 spiro atoms. The number of ether oxygens (including phenoxy) is 2. The highest BCUT2D eigenvalue weighted by Crippen LogP contribution is 2.27. The van der Waals surface area contributed by atoms with Crippen molar-refractivity contribution in [2.45, 2.75) is 13.8 Å². The van der Waals surface area contributed by atoms with Crippen LogP contribution in [0.2, 0.25) is 0 Å². The van der Waals surface area contributed by atoms with E-state index in [1.165, 1.54) is 20.1 Å². The number of hydrogen-bond acceptors (Lipinski definition) is 6. The molecule has 1 amide bonds. The van der Waals surface area contributed by atoms with Crippen molar-refractivity contribution in [1.82, 2.24) is 0 Å². The number of carbonyl (C=O) groups is 2. The fraction of sp³-hybridized carbons (Fsp3) is 0.211. The number of rotatable bonds is 6. The summed E-state index contributed by atoms with van der Waals surface area (Å²) in [7, 11) is 3.06. The highest BCUT2D eigenvalue weighted by atomic mass is 16.5. The Hall–Kier alpha value is -3.53. The van der Waals surface area contributed by atoms with Gasteiger partial charge in [-0.25, -0.2) is 0 Å². The first-order valence-corrected chi connectivity index (χ1v) is 7.66. The minimum atomic E-state index is -0.511. The maximum Gasteiger partial charge on any atom is 0.250 e. The molecule has 0 saturated heterocycles. The highest BCUT2D eigenvalue weighted by Gasteiger charge is 2.21. The molecule has 0 atom stereocenters. The number of anilines is 1. The van der Waals surface area contributed by atoms with Crippen molar-refractivity contribution in [3.05, 3.63) is 46.7 Å². The smallest absolute Gasteiger partial charge is 0.250 e. The molecule has 0 aliphatic carbocycles. The van der Waals surface area contributed by atoms with Gasteiger partial charge in [0.05, 0.1) is 19.8 Å². The quantitative estimate of drug-likeness (QED) is 0.631. The zero-order valence-corrected chi connectivity index (χ0v) is 14.9. The van der Waals surface area contributed by atoms with Crippen LogP contribution in [0.4, 0.5) is 5.88 Å². The monoisotopic (exact) mass is 354 g/mol. The molecule has 7 heteroatoms. The molecule has 0 unspecified atom stereocenters. The third-order valence-corrected chi connectivity index (χ3v) is 3.64. The molecule has 0 radical (unpaired) electrons. The van der Waals surface area contributed by atoms with E-state index in [9.17, 15) is 14.9 Å². The van der Waals surface area contributed by atoms with Crippen LogP contribution in [-0.2, 0) is 4.79 Å². The number of nitrogens with one attached hydrogen (secondary N) is 1. The van der Waals surface area contributed by atoms with Gasteiger partial charge < -0.3 is 13.9 Å². The first-order valence-electron chi connectivity index (χ1n) is 7.66. The highest BCUT2D eigenvalue weighted by molar-refractivity contribution is 6.04. The lowest BCUT2D eigenvalue weighted by Gasteiger charge is -2.07. The molecule has 2 aromatic rings. The van der Waals surface area contributed by atoms with Crippen molar-refractivity contribution < 1.29 is 23.5 Å². The van der Waals surface area contributed by atoms with Crippen molar-refractivity contribution in [3.63, 3.8) is 0 Å². The molecule has 0 aliphatic heterocycles. The fourth-order valence-electron chi connectivity index (χ4n) is 2.44. The van der Waals surface area contributed by atoms with Crippen molar-refractivity contribution >= 4 is 23.7 Å². The molecule has 2 rings (SSSR count). The largest absolute Gasteiger partial charge is 0.497 e. The van der Waals surface area contributed by atoms with E-state index in [4.69, 9.17) is 13.9 Å². The van der Waals surface area contributed by atoms with Gasteiger partial charge in [0.2, 0.25) is 5.88 Å². The number of hydrogen-bond donors (Lipinski definition) is 1. The lowest BCUT2D eigenvalue weighted by molar-refractivity contribution is -0.111. The van der Waals surface area contributed by atoms with Gasteiger partial charge >= 0.3 is 0 Å². The van der Waals surface area contributed by atoms with Crippen molar-refractivity contribution in [2.24, 2.45) is 0 Å². The Labute approximate surface area is 150 Å². The number of nitriles is 1. The zero-order chi connectivity index (χ0) is 19.3. The van der Waals surface area contributed by atoms with Gasteiger partial charge in [-0.1, -0.05) is 0 Å². The number of Topliss-reactive ketones (excluding diaryl/α,β-unsaturated/α-hetero) is 1. The van der Waals surface area contributed by atoms with Crippen molar-refractivity contribution in [3.8, 4) is 17.6 Å². The van der Waals surface area contributed by atoms with E-state index < -0.39 is 5.91 Å². The molecular formula is C19H18N2O5. The predicted octanol–water partition coefficient (Wildman–Crippen LogP) is 3.33. The van der Waals surface area contributed by atoms with Gasteiger partial charge in [0.1, 0.15) is 28.9 Å². The molecule has 0 aliphatic rings. The maximum atomic E-state index is 12.1. The molecule has 0 fully saturated rings. The van der Waals surface area contributed by atoms with Gasteiger partial charge in [-0.15, -0.1) is 0 Å². The Balaban J connectivity index is 2.22. The molecule has 1 aromatic heterocycles. The minimum Gasteiger partial charge on any atom is -0.497 e. The summed E-state index contributed by atoms with van der Waals surface area (Å²) in [5.41, 5.74) is 0.853. The fourth-order valence-corrected chi connectivity index (χ4v) is 2.44. The van der Waals surface area contributed by atoms with Crippen LogP contribution in [-0.4, -0.2) is 25.9 Å². The van der Waals surface area contributed by atoms with Crippen LogP contribution in [0.15, 0.2) is 28.7 Å². The summed E-state index contributed by atoms with van der Waals surface area (Å²) in [4.78, 5) is 23.8. The third-order valence-electron chi connectivity index (χ3n) is 3.64. The Bertz CT molecular complexity index is 919. The summed E-state index contributed by atoms with van der Waals surface area (Å²) in [6.07, 6.45) is 2.83. The number of carbonyl (C=O) groups excluding carboxylic acids is 2. The number of aryl methyl sites for hydroxylation is 1. The second-order valence-electron chi connectivity index (χ2n) is 5.34. The lowest BCUT2D eigenvalue weighted by Crippen LogP contribution is -2.08. The molecule has 134 valence electrons. The minimum absolute atomic E-state index is 0.0128. The number of ketones is 1. The Morgan fingerprint density at radius 2 is 2.00 bits per heavy atom. The van der Waals surface area contributed by atoms with Crippen molar-refractivity contribution in [2.75, 3.05) is 19.5 Å². The van der Waals surface area contributed by atoms with Gasteiger partial charge in [-0.05, 0) is 32.1 Å².